The van der Waals surface area contributed by atoms with E-state index in [4.69, 9.17) is 0 Å². The Kier molecular flexibility index (Phi) is 4.16. The first-order valence-corrected chi connectivity index (χ1v) is 9.28. The van der Waals surface area contributed by atoms with Gasteiger partial charge in [-0.1, -0.05) is 30.3 Å². The standard InChI is InChI=1S/C22H23N3O/c1-15-6-3-7-16(2)21(15)18-8-4-9-19-17(18)11-13-25(19)22(26)20-10-5-12-24(20)14-23/h3-4,6-9,20H,5,10-13H2,1-2H3/t20-/m0/s1. The summed E-state index contributed by atoms with van der Waals surface area (Å²) < 4.78 is 0. The van der Waals surface area contributed by atoms with E-state index >= 15 is 0 Å². The SMILES string of the molecule is Cc1cccc(C)c1-c1cccc2c1CCN2C(=O)[C@@H]1CCCN1C#N. The molecule has 4 nitrogen and oxygen atoms in total. The van der Waals surface area contributed by atoms with Crippen LogP contribution in [0.4, 0.5) is 5.69 Å². The summed E-state index contributed by atoms with van der Waals surface area (Å²) in [5.41, 5.74) is 7.29. The molecule has 1 fully saturated rings. The van der Waals surface area contributed by atoms with Crippen molar-refractivity contribution in [2.75, 3.05) is 18.0 Å². The highest BCUT2D eigenvalue weighted by Crippen LogP contribution is 2.39. The topological polar surface area (TPSA) is 47.3 Å². The Bertz CT molecular complexity index is 892. The van der Waals surface area contributed by atoms with Crippen molar-refractivity contribution in [3.05, 3.63) is 53.1 Å². The monoisotopic (exact) mass is 345 g/mol. The second-order valence-corrected chi connectivity index (χ2v) is 7.26. The third kappa shape index (κ3) is 2.55. The number of benzene rings is 2. The zero-order valence-electron chi connectivity index (χ0n) is 15.3. The number of likely N-dealkylation sites (tertiary alicyclic amines) is 1. The van der Waals surface area contributed by atoms with E-state index in [1.807, 2.05) is 17.0 Å². The smallest absolute Gasteiger partial charge is 0.250 e. The summed E-state index contributed by atoms with van der Waals surface area (Å²) in [6.45, 7) is 5.67. The normalized spacial score (nSPS) is 18.7. The molecule has 1 amide bonds. The van der Waals surface area contributed by atoms with Gasteiger partial charge in [-0.3, -0.25) is 9.69 Å². The molecule has 0 aromatic heterocycles. The molecule has 2 aromatic rings. The molecular formula is C22H23N3O. The molecular weight excluding hydrogens is 322 g/mol. The van der Waals surface area contributed by atoms with E-state index < -0.39 is 0 Å². The minimum absolute atomic E-state index is 0.0708. The molecule has 1 atom stereocenters. The number of aryl methyl sites for hydroxylation is 2. The molecule has 4 rings (SSSR count). The number of anilines is 1. The molecule has 0 aliphatic carbocycles. The summed E-state index contributed by atoms with van der Waals surface area (Å²) in [6.07, 6.45) is 4.73. The highest BCUT2D eigenvalue weighted by molar-refractivity contribution is 6.00. The van der Waals surface area contributed by atoms with Crippen LogP contribution in [0.1, 0.15) is 29.5 Å². The molecule has 2 aromatic carbocycles. The molecule has 4 heteroatoms. The van der Waals surface area contributed by atoms with Crippen LogP contribution in [0.15, 0.2) is 36.4 Å². The maximum atomic E-state index is 13.1. The maximum absolute atomic E-state index is 13.1. The number of fused-ring (bicyclic) bond motifs is 1. The Labute approximate surface area is 154 Å². The van der Waals surface area contributed by atoms with Crippen molar-refractivity contribution in [3.8, 4) is 17.3 Å². The van der Waals surface area contributed by atoms with Gasteiger partial charge in [-0.2, -0.15) is 5.26 Å². The highest BCUT2D eigenvalue weighted by atomic mass is 16.2. The van der Waals surface area contributed by atoms with Crippen LogP contribution in [0.5, 0.6) is 0 Å². The van der Waals surface area contributed by atoms with Crippen LogP contribution >= 0.6 is 0 Å². The number of carbonyl (C=O) groups excluding carboxylic acids is 1. The van der Waals surface area contributed by atoms with Crippen LogP contribution in [0.25, 0.3) is 11.1 Å². The molecule has 1 saturated heterocycles. The van der Waals surface area contributed by atoms with E-state index in [2.05, 4.69) is 44.3 Å². The Morgan fingerprint density at radius 3 is 2.58 bits per heavy atom. The van der Waals surface area contributed by atoms with Gasteiger partial charge >= 0.3 is 0 Å². The Hall–Kier alpha value is -2.80. The summed E-state index contributed by atoms with van der Waals surface area (Å²) in [5.74, 6) is 0.0708. The molecule has 0 saturated carbocycles. The lowest BCUT2D eigenvalue weighted by atomic mass is 9.91. The van der Waals surface area contributed by atoms with Crippen molar-refractivity contribution in [2.24, 2.45) is 0 Å². The molecule has 0 bridgehead atoms. The fourth-order valence-electron chi connectivity index (χ4n) is 4.46. The van der Waals surface area contributed by atoms with Gasteiger partial charge in [-0.15, -0.1) is 0 Å². The Morgan fingerprint density at radius 1 is 1.12 bits per heavy atom. The first-order valence-electron chi connectivity index (χ1n) is 9.28. The molecule has 2 heterocycles. The molecule has 0 spiro atoms. The summed E-state index contributed by atoms with van der Waals surface area (Å²) in [4.78, 5) is 16.6. The van der Waals surface area contributed by atoms with E-state index in [0.29, 0.717) is 13.1 Å². The quantitative estimate of drug-likeness (QED) is 0.778. The zero-order chi connectivity index (χ0) is 18.3. The van der Waals surface area contributed by atoms with Gasteiger partial charge in [-0.25, -0.2) is 0 Å². The fourth-order valence-corrected chi connectivity index (χ4v) is 4.46. The van der Waals surface area contributed by atoms with Crippen molar-refractivity contribution in [1.82, 2.24) is 4.90 Å². The minimum atomic E-state index is -0.296. The zero-order valence-corrected chi connectivity index (χ0v) is 15.3. The molecule has 0 radical (unpaired) electrons. The van der Waals surface area contributed by atoms with Crippen LogP contribution in [0, 0.1) is 25.3 Å². The summed E-state index contributed by atoms with van der Waals surface area (Å²) >= 11 is 0. The fraction of sp³-hybridized carbons (Fsp3) is 0.364. The third-order valence-electron chi connectivity index (χ3n) is 5.71. The van der Waals surface area contributed by atoms with Crippen LogP contribution in [-0.4, -0.2) is 29.9 Å². The lowest BCUT2D eigenvalue weighted by Crippen LogP contribution is -2.43. The average molecular weight is 345 g/mol. The predicted octanol–water partition coefficient (Wildman–Crippen LogP) is 3.81. The van der Waals surface area contributed by atoms with Crippen molar-refractivity contribution in [3.63, 3.8) is 0 Å². The van der Waals surface area contributed by atoms with E-state index in [0.717, 1.165) is 24.9 Å². The van der Waals surface area contributed by atoms with Crippen molar-refractivity contribution < 1.29 is 4.79 Å². The predicted molar refractivity (Wildman–Crippen MR) is 103 cm³/mol. The molecule has 0 unspecified atom stereocenters. The van der Waals surface area contributed by atoms with Crippen LogP contribution in [-0.2, 0) is 11.2 Å². The summed E-state index contributed by atoms with van der Waals surface area (Å²) in [6, 6.07) is 12.3. The highest BCUT2D eigenvalue weighted by Gasteiger charge is 2.36. The minimum Gasteiger partial charge on any atom is -0.310 e. The number of hydrogen-bond donors (Lipinski definition) is 0. The summed E-state index contributed by atoms with van der Waals surface area (Å²) in [5, 5.41) is 9.28. The van der Waals surface area contributed by atoms with Crippen LogP contribution in [0.2, 0.25) is 0 Å². The first kappa shape index (κ1) is 16.7. The number of amides is 1. The third-order valence-corrected chi connectivity index (χ3v) is 5.71. The molecule has 26 heavy (non-hydrogen) atoms. The average Bonchev–Trinajstić information content (AvgIpc) is 3.28. The van der Waals surface area contributed by atoms with Gasteiger partial charge in [0.25, 0.3) is 0 Å². The summed E-state index contributed by atoms with van der Waals surface area (Å²) in [7, 11) is 0. The lowest BCUT2D eigenvalue weighted by Gasteiger charge is -2.25. The Balaban J connectivity index is 1.73. The van der Waals surface area contributed by atoms with E-state index in [9.17, 15) is 10.1 Å². The molecule has 2 aliphatic heterocycles. The van der Waals surface area contributed by atoms with Gasteiger partial charge in [0.1, 0.15) is 6.04 Å². The number of nitrogens with zero attached hydrogens (tertiary/aromatic N) is 3. The number of rotatable bonds is 2. The van der Waals surface area contributed by atoms with Crippen molar-refractivity contribution >= 4 is 11.6 Å². The lowest BCUT2D eigenvalue weighted by molar-refractivity contribution is -0.121. The van der Waals surface area contributed by atoms with Gasteiger partial charge < -0.3 is 4.90 Å². The van der Waals surface area contributed by atoms with E-state index in [1.54, 1.807) is 4.90 Å². The Morgan fingerprint density at radius 2 is 1.85 bits per heavy atom. The van der Waals surface area contributed by atoms with Crippen LogP contribution in [0.3, 0.4) is 0 Å². The van der Waals surface area contributed by atoms with Gasteiger partial charge in [0.15, 0.2) is 6.19 Å². The second-order valence-electron chi connectivity index (χ2n) is 7.26. The number of nitriles is 1. The number of hydrogen-bond acceptors (Lipinski definition) is 3. The maximum Gasteiger partial charge on any atom is 0.250 e. The molecule has 2 aliphatic rings. The number of carbonyl (C=O) groups is 1. The molecule has 0 N–H and O–H groups in total. The largest absolute Gasteiger partial charge is 0.310 e. The molecule has 132 valence electrons. The van der Waals surface area contributed by atoms with Crippen molar-refractivity contribution in [1.29, 1.82) is 5.26 Å². The van der Waals surface area contributed by atoms with E-state index in [1.165, 1.54) is 27.8 Å². The van der Waals surface area contributed by atoms with E-state index in [-0.39, 0.29) is 11.9 Å². The van der Waals surface area contributed by atoms with Gasteiger partial charge in [0, 0.05) is 18.8 Å². The van der Waals surface area contributed by atoms with Crippen LogP contribution < -0.4 is 4.90 Å². The van der Waals surface area contributed by atoms with Crippen molar-refractivity contribution in [2.45, 2.75) is 39.2 Å². The van der Waals surface area contributed by atoms with Gasteiger partial charge in [0.05, 0.1) is 0 Å². The first-order chi connectivity index (χ1) is 12.6. The second kappa shape index (κ2) is 6.49. The van der Waals surface area contributed by atoms with Gasteiger partial charge in [-0.05, 0) is 67.0 Å². The van der Waals surface area contributed by atoms with Gasteiger partial charge in [0.2, 0.25) is 5.91 Å².